The number of anilines is 2. The molecule has 1 heterocycles. The fourth-order valence-electron chi connectivity index (χ4n) is 5.12. The first-order valence-electron chi connectivity index (χ1n) is 13.7. The molecule has 1 amide bonds. The molecule has 0 spiro atoms. The molecule has 3 aromatic rings. The van der Waals surface area contributed by atoms with E-state index in [2.05, 4.69) is 25.7 Å². The summed E-state index contributed by atoms with van der Waals surface area (Å²) in [7, 11) is 3.59. The maximum atomic E-state index is 15.0. The van der Waals surface area contributed by atoms with Gasteiger partial charge in [-0.3, -0.25) is 14.6 Å². The Hall–Kier alpha value is -3.76. The average molecular weight is 619 g/mol. The quantitative estimate of drug-likeness (QED) is 0.220. The van der Waals surface area contributed by atoms with Gasteiger partial charge in [-0.15, -0.1) is 0 Å². The highest BCUT2D eigenvalue weighted by atomic mass is 35.5. The molecule has 0 aromatic heterocycles. The van der Waals surface area contributed by atoms with Crippen molar-refractivity contribution in [3.05, 3.63) is 77.3 Å². The van der Waals surface area contributed by atoms with Crippen molar-refractivity contribution in [2.45, 2.75) is 32.5 Å². The number of halogens is 5. The van der Waals surface area contributed by atoms with Gasteiger partial charge >= 0.3 is 6.18 Å². The number of nitrogens with zero attached hydrogens (tertiary/aromatic N) is 4. The van der Waals surface area contributed by atoms with Gasteiger partial charge in [-0.25, -0.2) is 4.39 Å². The molecular formula is C32H35ClF4N4O2. The van der Waals surface area contributed by atoms with Crippen molar-refractivity contribution in [1.82, 2.24) is 9.80 Å². The number of piperazine rings is 1. The lowest BCUT2D eigenvalue weighted by Crippen LogP contribution is -2.53. The summed E-state index contributed by atoms with van der Waals surface area (Å²) in [5, 5.41) is 11.5. The number of carbonyl (C=O) groups excluding carboxylic acids is 1. The van der Waals surface area contributed by atoms with E-state index in [1.807, 2.05) is 0 Å². The third-order valence-corrected chi connectivity index (χ3v) is 7.74. The Kier molecular flexibility index (Phi) is 9.32. The second-order valence-corrected chi connectivity index (χ2v) is 12.1. The van der Waals surface area contributed by atoms with Gasteiger partial charge in [-0.2, -0.15) is 13.2 Å². The summed E-state index contributed by atoms with van der Waals surface area (Å²) >= 11 is 6.48. The monoisotopic (exact) mass is 618 g/mol. The number of carbonyl (C=O) groups is 1. The number of hydrogen-bond donors (Lipinski definition) is 1. The minimum Gasteiger partial charge on any atom is -0.507 e. The number of alkyl halides is 3. The molecule has 0 radical (unpaired) electrons. The smallest absolute Gasteiger partial charge is 0.418 e. The van der Waals surface area contributed by atoms with E-state index in [0.717, 1.165) is 18.2 Å². The van der Waals surface area contributed by atoms with Crippen LogP contribution in [-0.2, 0) is 11.0 Å². The zero-order chi connectivity index (χ0) is 31.7. The number of phenols is 1. The van der Waals surface area contributed by atoms with Crippen molar-refractivity contribution in [1.29, 1.82) is 0 Å². The van der Waals surface area contributed by atoms with Crippen LogP contribution in [0.15, 0.2) is 60.9 Å². The van der Waals surface area contributed by atoms with Gasteiger partial charge in [0.1, 0.15) is 11.6 Å². The normalized spacial score (nSPS) is 14.8. The molecule has 0 aliphatic carbocycles. The standard InChI is InChI=1S/C32H35ClF4N4O2/c1-31(2,3)41-14-12-39(13-15-41)29-17-22(6-8-26(29)32(35,36)37)25-19-23(34)18-24(30(25)43)21-7-9-28(27(33)16-21)40(20-42)11-10-38(4)5/h6-11,16-20,43H,12-15H2,1-5H3/b11-10-. The van der Waals surface area contributed by atoms with Crippen molar-refractivity contribution >= 4 is 29.4 Å². The Morgan fingerprint density at radius 1 is 0.884 bits per heavy atom. The molecule has 1 saturated heterocycles. The molecule has 0 saturated carbocycles. The zero-order valence-electron chi connectivity index (χ0n) is 24.7. The Bertz CT molecular complexity index is 1510. The van der Waals surface area contributed by atoms with Gasteiger partial charge in [0, 0.05) is 75.0 Å². The van der Waals surface area contributed by atoms with Crippen LogP contribution in [0.3, 0.4) is 0 Å². The van der Waals surface area contributed by atoms with E-state index in [1.54, 1.807) is 42.2 Å². The fourth-order valence-corrected chi connectivity index (χ4v) is 5.40. The van der Waals surface area contributed by atoms with Crippen molar-refractivity contribution < 1.29 is 27.5 Å². The maximum absolute atomic E-state index is 15.0. The molecule has 230 valence electrons. The fraction of sp³-hybridized carbons (Fsp3) is 0.344. The second-order valence-electron chi connectivity index (χ2n) is 11.7. The molecule has 4 rings (SSSR count). The minimum atomic E-state index is -4.60. The molecule has 6 nitrogen and oxygen atoms in total. The van der Waals surface area contributed by atoms with Crippen molar-refractivity contribution in [2.75, 3.05) is 50.1 Å². The van der Waals surface area contributed by atoms with E-state index in [0.29, 0.717) is 43.8 Å². The molecule has 1 fully saturated rings. The highest BCUT2D eigenvalue weighted by molar-refractivity contribution is 6.34. The van der Waals surface area contributed by atoms with Crippen LogP contribution in [0.25, 0.3) is 22.3 Å². The predicted molar refractivity (Wildman–Crippen MR) is 164 cm³/mol. The molecule has 3 aromatic carbocycles. The summed E-state index contributed by atoms with van der Waals surface area (Å²) < 4.78 is 57.2. The first kappa shape index (κ1) is 32.2. The number of rotatable bonds is 7. The van der Waals surface area contributed by atoms with Crippen LogP contribution in [-0.4, -0.2) is 67.1 Å². The van der Waals surface area contributed by atoms with Crippen LogP contribution in [0.1, 0.15) is 26.3 Å². The summed E-state index contributed by atoms with van der Waals surface area (Å²) in [6, 6.07) is 10.4. The van der Waals surface area contributed by atoms with E-state index < -0.39 is 17.6 Å². The number of amides is 1. The number of hydrogen-bond acceptors (Lipinski definition) is 5. The van der Waals surface area contributed by atoms with Gasteiger partial charge in [-0.05, 0) is 68.3 Å². The number of benzene rings is 3. The number of aromatic hydroxyl groups is 1. The van der Waals surface area contributed by atoms with Crippen LogP contribution in [0, 0.1) is 5.82 Å². The van der Waals surface area contributed by atoms with E-state index in [-0.39, 0.29) is 38.7 Å². The number of phenolic OH excluding ortho intramolecular Hbond substituents is 1. The molecule has 0 bridgehead atoms. The van der Waals surface area contributed by atoms with Crippen LogP contribution < -0.4 is 9.80 Å². The lowest BCUT2D eigenvalue weighted by atomic mass is 9.95. The van der Waals surface area contributed by atoms with Crippen LogP contribution >= 0.6 is 11.6 Å². The Labute approximate surface area is 254 Å². The minimum absolute atomic E-state index is 0.0177. The van der Waals surface area contributed by atoms with Crippen LogP contribution in [0.2, 0.25) is 5.02 Å². The molecule has 1 aliphatic heterocycles. The Morgan fingerprint density at radius 2 is 1.47 bits per heavy atom. The molecular weight excluding hydrogens is 584 g/mol. The van der Waals surface area contributed by atoms with Gasteiger partial charge in [0.15, 0.2) is 0 Å². The molecule has 0 atom stereocenters. The van der Waals surface area contributed by atoms with Crippen molar-refractivity contribution in [3.63, 3.8) is 0 Å². The summed E-state index contributed by atoms with van der Waals surface area (Å²) in [6.45, 7) is 8.14. The molecule has 11 heteroatoms. The first-order valence-corrected chi connectivity index (χ1v) is 14.1. The van der Waals surface area contributed by atoms with Gasteiger partial charge < -0.3 is 14.9 Å². The summed E-state index contributed by atoms with van der Waals surface area (Å²) in [6.07, 6.45) is -0.827. The van der Waals surface area contributed by atoms with Gasteiger partial charge in [0.25, 0.3) is 0 Å². The SMILES string of the molecule is CN(C)/C=C\N(C=O)c1ccc(-c2cc(F)cc(-c3ccc(C(F)(F)F)c(N4CCN(C(C)(C)C)CC4)c3)c2O)cc1Cl. The highest BCUT2D eigenvalue weighted by Crippen LogP contribution is 2.44. The summed E-state index contributed by atoms with van der Waals surface area (Å²) in [4.78, 5) is 18.6. The van der Waals surface area contributed by atoms with E-state index >= 15 is 0 Å². The van der Waals surface area contributed by atoms with Crippen LogP contribution in [0.4, 0.5) is 28.9 Å². The second kappa shape index (κ2) is 12.5. The first-order chi connectivity index (χ1) is 20.1. The van der Waals surface area contributed by atoms with Gasteiger partial charge in [-0.1, -0.05) is 23.7 Å². The topological polar surface area (TPSA) is 50.3 Å². The van der Waals surface area contributed by atoms with Gasteiger partial charge in [0.05, 0.1) is 16.3 Å². The third kappa shape index (κ3) is 7.25. The maximum Gasteiger partial charge on any atom is 0.418 e. The highest BCUT2D eigenvalue weighted by Gasteiger charge is 2.36. The lowest BCUT2D eigenvalue weighted by Gasteiger charge is -2.43. The lowest BCUT2D eigenvalue weighted by molar-refractivity contribution is -0.137. The largest absolute Gasteiger partial charge is 0.507 e. The summed E-state index contributed by atoms with van der Waals surface area (Å²) in [5.41, 5.74) is 0.196. The Morgan fingerprint density at radius 3 is 1.98 bits per heavy atom. The van der Waals surface area contributed by atoms with E-state index in [1.165, 1.54) is 29.3 Å². The van der Waals surface area contributed by atoms with Crippen molar-refractivity contribution in [3.8, 4) is 28.0 Å². The molecule has 1 N–H and O–H groups in total. The molecule has 0 unspecified atom stereocenters. The van der Waals surface area contributed by atoms with Crippen LogP contribution in [0.5, 0.6) is 5.75 Å². The third-order valence-electron chi connectivity index (χ3n) is 7.43. The average Bonchev–Trinajstić information content (AvgIpc) is 2.93. The summed E-state index contributed by atoms with van der Waals surface area (Å²) in [5.74, 6) is -1.00. The van der Waals surface area contributed by atoms with E-state index in [4.69, 9.17) is 11.6 Å². The van der Waals surface area contributed by atoms with E-state index in [9.17, 15) is 27.5 Å². The predicted octanol–water partition coefficient (Wildman–Crippen LogP) is 7.45. The Balaban J connectivity index is 1.75. The van der Waals surface area contributed by atoms with Crippen molar-refractivity contribution in [2.24, 2.45) is 0 Å². The molecule has 43 heavy (non-hydrogen) atoms. The zero-order valence-corrected chi connectivity index (χ0v) is 25.5. The van der Waals surface area contributed by atoms with Gasteiger partial charge in [0.2, 0.25) is 6.41 Å². The molecule has 1 aliphatic rings.